The van der Waals surface area contributed by atoms with Gasteiger partial charge < -0.3 is 14.8 Å². The molecule has 2 heterocycles. The number of hydrazone groups is 1. The van der Waals surface area contributed by atoms with Crippen molar-refractivity contribution in [1.29, 1.82) is 0 Å². The Morgan fingerprint density at radius 1 is 1.00 bits per heavy atom. The number of benzene rings is 3. The van der Waals surface area contributed by atoms with E-state index in [0.717, 1.165) is 28.3 Å². The number of hydrogen-bond acceptors (Lipinski definition) is 7. The summed E-state index contributed by atoms with van der Waals surface area (Å²) in [4.78, 5) is 29.8. The molecule has 38 heavy (non-hydrogen) atoms. The molecule has 0 radical (unpaired) electrons. The van der Waals surface area contributed by atoms with Crippen molar-refractivity contribution in [3.8, 4) is 11.5 Å². The second kappa shape index (κ2) is 11.3. The minimum Gasteiger partial charge on any atom is -0.497 e. The molecule has 0 fully saturated rings. The molecule has 2 amide bonds. The van der Waals surface area contributed by atoms with Gasteiger partial charge in [-0.3, -0.25) is 9.59 Å². The van der Waals surface area contributed by atoms with Gasteiger partial charge in [0, 0.05) is 23.6 Å². The lowest BCUT2D eigenvalue weighted by atomic mass is 9.98. The lowest BCUT2D eigenvalue weighted by Gasteiger charge is -2.23. The fourth-order valence-corrected chi connectivity index (χ4v) is 5.44. The maximum absolute atomic E-state index is 12.8. The third-order valence-corrected chi connectivity index (χ3v) is 7.65. The lowest BCUT2D eigenvalue weighted by molar-refractivity contribution is -0.121. The molecule has 3 aromatic rings. The minimum atomic E-state index is -0.631. The third-order valence-electron chi connectivity index (χ3n) is 6.26. The van der Waals surface area contributed by atoms with Gasteiger partial charge in [0.05, 0.1) is 26.0 Å². The van der Waals surface area contributed by atoms with Crippen molar-refractivity contribution in [2.24, 2.45) is 10.1 Å². The summed E-state index contributed by atoms with van der Waals surface area (Å²) >= 11 is 7.17. The molecule has 0 saturated heterocycles. The van der Waals surface area contributed by atoms with E-state index >= 15 is 0 Å². The van der Waals surface area contributed by atoms with E-state index in [9.17, 15) is 9.59 Å². The Morgan fingerprint density at radius 3 is 2.26 bits per heavy atom. The lowest BCUT2D eigenvalue weighted by Crippen LogP contribution is -2.25. The number of carbonyl (C=O) groups is 2. The van der Waals surface area contributed by atoms with Crippen LogP contribution < -0.4 is 14.8 Å². The largest absolute Gasteiger partial charge is 0.497 e. The van der Waals surface area contributed by atoms with E-state index in [1.807, 2.05) is 48.5 Å². The normalized spacial score (nSPS) is 18.7. The molecule has 10 heteroatoms. The zero-order valence-corrected chi connectivity index (χ0v) is 22.3. The average Bonchev–Trinajstić information content (AvgIpc) is 3.54. The van der Waals surface area contributed by atoms with E-state index in [1.165, 1.54) is 11.8 Å². The molecule has 3 aromatic carbocycles. The molecule has 0 bridgehead atoms. The van der Waals surface area contributed by atoms with Gasteiger partial charge in [-0.2, -0.15) is 10.1 Å². The summed E-state index contributed by atoms with van der Waals surface area (Å²) in [6, 6.07) is 22.1. The van der Waals surface area contributed by atoms with Crippen molar-refractivity contribution in [3.05, 3.63) is 88.9 Å². The van der Waals surface area contributed by atoms with Crippen LogP contribution >= 0.6 is 23.4 Å². The maximum atomic E-state index is 12.8. The summed E-state index contributed by atoms with van der Waals surface area (Å²) < 4.78 is 10.6. The highest BCUT2D eigenvalue weighted by molar-refractivity contribution is 8.15. The van der Waals surface area contributed by atoms with Crippen LogP contribution in [0.1, 0.15) is 30.0 Å². The molecule has 5 rings (SSSR count). The molecule has 0 unspecified atom stereocenters. The van der Waals surface area contributed by atoms with E-state index in [1.54, 1.807) is 43.5 Å². The number of amidine groups is 1. The molecule has 0 aliphatic carbocycles. The molecular formula is C28H25ClN4O4S. The van der Waals surface area contributed by atoms with Crippen molar-refractivity contribution >= 4 is 51.7 Å². The van der Waals surface area contributed by atoms with Crippen LogP contribution in [0.4, 0.5) is 5.69 Å². The van der Waals surface area contributed by atoms with Crippen LogP contribution in [-0.4, -0.2) is 47.2 Å². The second-order valence-electron chi connectivity index (χ2n) is 8.71. The van der Waals surface area contributed by atoms with Crippen molar-refractivity contribution in [1.82, 2.24) is 5.01 Å². The number of amides is 2. The van der Waals surface area contributed by atoms with Gasteiger partial charge in [-0.15, -0.1) is 0 Å². The van der Waals surface area contributed by atoms with E-state index < -0.39 is 5.25 Å². The van der Waals surface area contributed by atoms with Gasteiger partial charge >= 0.3 is 0 Å². The van der Waals surface area contributed by atoms with Gasteiger partial charge in [-0.1, -0.05) is 35.5 Å². The highest BCUT2D eigenvalue weighted by atomic mass is 35.5. The molecule has 2 aliphatic heterocycles. The molecule has 2 atom stereocenters. The number of ether oxygens (including phenoxy) is 2. The van der Waals surface area contributed by atoms with Crippen LogP contribution in [0.5, 0.6) is 11.5 Å². The first-order valence-electron chi connectivity index (χ1n) is 11.9. The number of methoxy groups -OCH3 is 2. The number of nitrogens with one attached hydrogen (secondary N) is 1. The maximum Gasteiger partial charge on any atom is 0.262 e. The Kier molecular flexibility index (Phi) is 7.67. The molecule has 0 aromatic heterocycles. The van der Waals surface area contributed by atoms with Crippen LogP contribution in [0.2, 0.25) is 5.02 Å². The number of halogens is 1. The van der Waals surface area contributed by atoms with Crippen LogP contribution in [0.15, 0.2) is 82.9 Å². The van der Waals surface area contributed by atoms with Crippen molar-refractivity contribution in [3.63, 3.8) is 0 Å². The molecule has 2 aliphatic rings. The predicted molar refractivity (Wildman–Crippen MR) is 150 cm³/mol. The fourth-order valence-electron chi connectivity index (χ4n) is 4.25. The van der Waals surface area contributed by atoms with Crippen LogP contribution in [0.3, 0.4) is 0 Å². The van der Waals surface area contributed by atoms with Gasteiger partial charge in [0.25, 0.3) is 5.91 Å². The molecule has 0 spiro atoms. The number of anilines is 1. The Labute approximate surface area is 229 Å². The highest BCUT2D eigenvalue weighted by Crippen LogP contribution is 2.39. The van der Waals surface area contributed by atoms with Gasteiger partial charge in [0.2, 0.25) is 5.91 Å². The van der Waals surface area contributed by atoms with Gasteiger partial charge in [-0.25, -0.2) is 5.01 Å². The van der Waals surface area contributed by atoms with Crippen molar-refractivity contribution < 1.29 is 19.1 Å². The quantitative estimate of drug-likeness (QED) is 0.417. The summed E-state index contributed by atoms with van der Waals surface area (Å²) in [5, 5.41) is 9.90. The van der Waals surface area contributed by atoms with Crippen molar-refractivity contribution in [2.75, 3.05) is 19.5 Å². The predicted octanol–water partition coefficient (Wildman–Crippen LogP) is 5.54. The number of rotatable bonds is 7. The molecule has 8 nitrogen and oxygen atoms in total. The summed E-state index contributed by atoms with van der Waals surface area (Å²) in [6.45, 7) is 0. The van der Waals surface area contributed by atoms with Gasteiger partial charge in [0.15, 0.2) is 5.17 Å². The first kappa shape index (κ1) is 25.8. The van der Waals surface area contributed by atoms with E-state index in [4.69, 9.17) is 26.2 Å². The Bertz CT molecular complexity index is 1390. The fraction of sp³-hybridized carbons (Fsp3) is 0.214. The van der Waals surface area contributed by atoms with Crippen LogP contribution in [0.25, 0.3) is 0 Å². The Hall–Kier alpha value is -3.82. The molecule has 194 valence electrons. The van der Waals surface area contributed by atoms with Gasteiger partial charge in [-0.05, 0) is 71.8 Å². The summed E-state index contributed by atoms with van der Waals surface area (Å²) in [5.41, 5.74) is 3.45. The average molecular weight is 549 g/mol. The zero-order chi connectivity index (χ0) is 26.6. The SMILES string of the molecule is COc1ccc(C2=NN(C3=NC(=O)[C@@H](CC(=O)Nc4ccc(Cl)cc4)S3)[C@@H](c3ccc(OC)cc3)C2)cc1. The highest BCUT2D eigenvalue weighted by Gasteiger charge is 2.39. The third kappa shape index (κ3) is 5.69. The van der Waals surface area contributed by atoms with E-state index in [-0.39, 0.29) is 24.3 Å². The Morgan fingerprint density at radius 2 is 1.63 bits per heavy atom. The van der Waals surface area contributed by atoms with Crippen LogP contribution in [-0.2, 0) is 9.59 Å². The van der Waals surface area contributed by atoms with Crippen LogP contribution in [0, 0.1) is 0 Å². The monoisotopic (exact) mass is 548 g/mol. The van der Waals surface area contributed by atoms with E-state index in [0.29, 0.717) is 22.3 Å². The Balaban J connectivity index is 1.35. The number of thioether (sulfide) groups is 1. The standard InChI is InChI=1S/C28H25ClN4O4S/c1-36-21-11-3-17(4-12-21)23-15-24(18-5-13-22(37-2)14-6-18)33(32-23)28-31-27(35)25(38-28)16-26(34)30-20-9-7-19(29)8-10-20/h3-14,24-25H,15-16H2,1-2H3,(H,30,34)/t24-,25-/m1/s1. The van der Waals surface area contributed by atoms with E-state index in [2.05, 4.69) is 10.3 Å². The number of aliphatic imine (C=N–C) groups is 1. The second-order valence-corrected chi connectivity index (χ2v) is 10.3. The van der Waals surface area contributed by atoms with Crippen molar-refractivity contribution in [2.45, 2.75) is 24.1 Å². The summed E-state index contributed by atoms with van der Waals surface area (Å²) in [6.07, 6.45) is 0.614. The van der Waals surface area contributed by atoms with Gasteiger partial charge in [0.1, 0.15) is 16.7 Å². The zero-order valence-electron chi connectivity index (χ0n) is 20.8. The number of nitrogens with zero attached hydrogens (tertiary/aromatic N) is 3. The number of carbonyl (C=O) groups excluding carboxylic acids is 2. The molecule has 0 saturated carbocycles. The number of hydrogen-bond donors (Lipinski definition) is 1. The topological polar surface area (TPSA) is 92.6 Å². The minimum absolute atomic E-state index is 0.00474. The molecular weight excluding hydrogens is 524 g/mol. The summed E-state index contributed by atoms with van der Waals surface area (Å²) in [7, 11) is 3.25. The summed E-state index contributed by atoms with van der Waals surface area (Å²) in [5.74, 6) is 0.893. The first-order valence-corrected chi connectivity index (χ1v) is 13.2. The first-order chi connectivity index (χ1) is 18.4. The molecule has 1 N–H and O–H groups in total. The smallest absolute Gasteiger partial charge is 0.262 e.